The molecule has 2 unspecified atom stereocenters. The highest BCUT2D eigenvalue weighted by Crippen LogP contribution is 2.40. The van der Waals surface area contributed by atoms with Crippen molar-refractivity contribution in [2.75, 3.05) is 20.1 Å². The van der Waals surface area contributed by atoms with Gasteiger partial charge in [0.2, 0.25) is 0 Å². The van der Waals surface area contributed by atoms with Crippen LogP contribution in [0.25, 0.3) is 0 Å². The molecule has 2 nitrogen and oxygen atoms in total. The van der Waals surface area contributed by atoms with Gasteiger partial charge in [0.15, 0.2) is 0 Å². The van der Waals surface area contributed by atoms with E-state index >= 15 is 0 Å². The molecular formula is C15H30N2. The van der Waals surface area contributed by atoms with E-state index in [9.17, 15) is 0 Å². The molecule has 0 radical (unpaired) electrons. The van der Waals surface area contributed by atoms with Crippen LogP contribution in [0.1, 0.15) is 58.3 Å². The topological polar surface area (TPSA) is 29.3 Å². The Morgan fingerprint density at radius 1 is 1.18 bits per heavy atom. The number of nitrogens with zero attached hydrogens (tertiary/aromatic N) is 1. The van der Waals surface area contributed by atoms with Crippen LogP contribution in [0.3, 0.4) is 0 Å². The van der Waals surface area contributed by atoms with Gasteiger partial charge >= 0.3 is 0 Å². The average molecular weight is 238 g/mol. The molecule has 100 valence electrons. The molecule has 2 aliphatic rings. The molecule has 2 N–H and O–H groups in total. The fourth-order valence-electron chi connectivity index (χ4n) is 4.05. The molecule has 0 heterocycles. The molecule has 2 fully saturated rings. The van der Waals surface area contributed by atoms with Crippen molar-refractivity contribution in [3.8, 4) is 0 Å². The summed E-state index contributed by atoms with van der Waals surface area (Å²) in [6, 6.07) is 0. The Morgan fingerprint density at radius 2 is 1.94 bits per heavy atom. The zero-order valence-electron chi connectivity index (χ0n) is 11.8. The highest BCUT2D eigenvalue weighted by atomic mass is 15.2. The van der Waals surface area contributed by atoms with Gasteiger partial charge in [-0.25, -0.2) is 0 Å². The SMILES string of the molecule is CCC1CCCCC1(CN)N(C)CC1CCC1. The summed E-state index contributed by atoms with van der Waals surface area (Å²) in [6.45, 7) is 4.49. The van der Waals surface area contributed by atoms with Crippen LogP contribution in [0.2, 0.25) is 0 Å². The molecule has 2 rings (SSSR count). The lowest BCUT2D eigenvalue weighted by atomic mass is 9.70. The molecule has 2 saturated carbocycles. The van der Waals surface area contributed by atoms with Gasteiger partial charge in [0, 0.05) is 18.6 Å². The molecule has 0 saturated heterocycles. The molecule has 0 spiro atoms. The predicted octanol–water partition coefficient (Wildman–Crippen LogP) is 3.02. The van der Waals surface area contributed by atoms with E-state index in [0.717, 1.165) is 18.4 Å². The minimum Gasteiger partial charge on any atom is -0.329 e. The predicted molar refractivity (Wildman–Crippen MR) is 74.0 cm³/mol. The van der Waals surface area contributed by atoms with Gasteiger partial charge in [0.05, 0.1) is 0 Å². The number of hydrogen-bond acceptors (Lipinski definition) is 2. The quantitative estimate of drug-likeness (QED) is 0.798. The van der Waals surface area contributed by atoms with Crippen LogP contribution in [0.15, 0.2) is 0 Å². The van der Waals surface area contributed by atoms with Crippen LogP contribution in [0.4, 0.5) is 0 Å². The van der Waals surface area contributed by atoms with Gasteiger partial charge in [-0.15, -0.1) is 0 Å². The second-order valence-electron chi connectivity index (χ2n) is 6.34. The molecular weight excluding hydrogens is 208 g/mol. The second-order valence-corrected chi connectivity index (χ2v) is 6.34. The van der Waals surface area contributed by atoms with Gasteiger partial charge in [0.25, 0.3) is 0 Å². The van der Waals surface area contributed by atoms with Gasteiger partial charge in [-0.1, -0.05) is 32.6 Å². The Balaban J connectivity index is 2.03. The molecule has 2 heteroatoms. The van der Waals surface area contributed by atoms with E-state index in [1.165, 1.54) is 57.9 Å². The van der Waals surface area contributed by atoms with E-state index in [4.69, 9.17) is 5.73 Å². The monoisotopic (exact) mass is 238 g/mol. The highest BCUT2D eigenvalue weighted by molar-refractivity contribution is 4.99. The normalized spacial score (nSPS) is 34.9. The largest absolute Gasteiger partial charge is 0.329 e. The average Bonchev–Trinajstić information content (AvgIpc) is 2.33. The minimum atomic E-state index is 0.322. The van der Waals surface area contributed by atoms with Crippen molar-refractivity contribution in [3.63, 3.8) is 0 Å². The van der Waals surface area contributed by atoms with Crippen LogP contribution in [-0.2, 0) is 0 Å². The summed E-state index contributed by atoms with van der Waals surface area (Å²) in [5, 5.41) is 0. The fourth-order valence-corrected chi connectivity index (χ4v) is 4.05. The Hall–Kier alpha value is -0.0800. The third kappa shape index (κ3) is 2.53. The highest BCUT2D eigenvalue weighted by Gasteiger charge is 2.42. The summed E-state index contributed by atoms with van der Waals surface area (Å²) < 4.78 is 0. The maximum absolute atomic E-state index is 6.20. The van der Waals surface area contributed by atoms with Gasteiger partial charge in [-0.05, 0) is 44.6 Å². The number of hydrogen-bond donors (Lipinski definition) is 1. The lowest BCUT2D eigenvalue weighted by molar-refractivity contribution is 0.00473. The fraction of sp³-hybridized carbons (Fsp3) is 1.00. The van der Waals surface area contributed by atoms with Crippen LogP contribution >= 0.6 is 0 Å². The Kier molecular flexibility index (Phi) is 4.48. The molecule has 0 aliphatic heterocycles. The maximum atomic E-state index is 6.20. The molecule has 0 aromatic heterocycles. The van der Waals surface area contributed by atoms with E-state index in [2.05, 4.69) is 18.9 Å². The molecule has 2 aliphatic carbocycles. The molecule has 0 bridgehead atoms. The zero-order chi connectivity index (χ0) is 12.3. The third-order valence-electron chi connectivity index (χ3n) is 5.54. The van der Waals surface area contributed by atoms with Crippen molar-refractivity contribution in [2.45, 2.75) is 63.8 Å². The van der Waals surface area contributed by atoms with E-state index in [-0.39, 0.29) is 0 Å². The first kappa shape index (κ1) is 13.4. The van der Waals surface area contributed by atoms with Gasteiger partial charge < -0.3 is 5.73 Å². The van der Waals surface area contributed by atoms with Crippen LogP contribution in [-0.4, -0.2) is 30.6 Å². The Bertz CT molecular complexity index is 237. The van der Waals surface area contributed by atoms with Crippen molar-refractivity contribution in [1.82, 2.24) is 4.90 Å². The van der Waals surface area contributed by atoms with Gasteiger partial charge in [0.1, 0.15) is 0 Å². The molecule has 0 amide bonds. The van der Waals surface area contributed by atoms with Crippen molar-refractivity contribution >= 4 is 0 Å². The number of rotatable bonds is 5. The van der Waals surface area contributed by atoms with Crippen LogP contribution in [0, 0.1) is 11.8 Å². The third-order valence-corrected chi connectivity index (χ3v) is 5.54. The van der Waals surface area contributed by atoms with Crippen LogP contribution in [0.5, 0.6) is 0 Å². The summed E-state index contributed by atoms with van der Waals surface area (Å²) in [7, 11) is 2.33. The van der Waals surface area contributed by atoms with Gasteiger partial charge in [-0.3, -0.25) is 4.90 Å². The summed E-state index contributed by atoms with van der Waals surface area (Å²) in [5.74, 6) is 1.79. The molecule has 17 heavy (non-hydrogen) atoms. The first-order valence-corrected chi connectivity index (χ1v) is 7.64. The Morgan fingerprint density at radius 3 is 2.47 bits per heavy atom. The Labute approximate surface area is 107 Å². The molecule has 0 aromatic carbocycles. The lowest BCUT2D eigenvalue weighted by Gasteiger charge is -2.51. The van der Waals surface area contributed by atoms with E-state index in [1.807, 2.05) is 0 Å². The first-order chi connectivity index (χ1) is 8.23. The van der Waals surface area contributed by atoms with Crippen molar-refractivity contribution < 1.29 is 0 Å². The maximum Gasteiger partial charge on any atom is 0.0356 e. The summed E-state index contributed by atoms with van der Waals surface area (Å²) in [4.78, 5) is 2.64. The summed E-state index contributed by atoms with van der Waals surface area (Å²) >= 11 is 0. The van der Waals surface area contributed by atoms with E-state index in [1.54, 1.807) is 0 Å². The number of likely N-dealkylation sites (N-methyl/N-ethyl adjacent to an activating group) is 1. The second kappa shape index (κ2) is 5.71. The van der Waals surface area contributed by atoms with E-state index < -0.39 is 0 Å². The van der Waals surface area contributed by atoms with Crippen molar-refractivity contribution in [3.05, 3.63) is 0 Å². The first-order valence-electron chi connectivity index (χ1n) is 7.64. The summed E-state index contributed by atoms with van der Waals surface area (Å²) in [6.07, 6.45) is 11.1. The van der Waals surface area contributed by atoms with Gasteiger partial charge in [-0.2, -0.15) is 0 Å². The molecule has 0 aromatic rings. The smallest absolute Gasteiger partial charge is 0.0356 e. The van der Waals surface area contributed by atoms with E-state index in [0.29, 0.717) is 5.54 Å². The number of nitrogens with two attached hydrogens (primary N) is 1. The lowest BCUT2D eigenvalue weighted by Crippen LogP contribution is -2.59. The standard InChI is InChI=1S/C15H30N2/c1-3-14-9-4-5-10-15(14,12-16)17(2)11-13-7-6-8-13/h13-14H,3-12,16H2,1-2H3. The van der Waals surface area contributed by atoms with Crippen molar-refractivity contribution in [1.29, 1.82) is 0 Å². The zero-order valence-corrected chi connectivity index (χ0v) is 11.8. The van der Waals surface area contributed by atoms with Crippen LogP contribution < -0.4 is 5.73 Å². The molecule has 2 atom stereocenters. The van der Waals surface area contributed by atoms with Crippen molar-refractivity contribution in [2.24, 2.45) is 17.6 Å². The summed E-state index contributed by atoms with van der Waals surface area (Å²) in [5.41, 5.74) is 6.52. The minimum absolute atomic E-state index is 0.322.